The monoisotopic (exact) mass is 623 g/mol. The van der Waals surface area contributed by atoms with Crippen LogP contribution in [-0.4, -0.2) is 22.7 Å². The van der Waals surface area contributed by atoms with Crippen LogP contribution in [0.25, 0.3) is 0 Å². The molecule has 254 valence electrons. The number of aliphatic hydroxyl groups excluding tert-OH is 1. The Balaban J connectivity index is 1.43. The van der Waals surface area contributed by atoms with Gasteiger partial charge in [-0.2, -0.15) is 0 Å². The first-order valence-corrected chi connectivity index (χ1v) is 18.0. The lowest BCUT2D eigenvalue weighted by molar-refractivity contribution is -0.255. The van der Waals surface area contributed by atoms with Gasteiger partial charge >= 0.3 is 0 Å². The maximum absolute atomic E-state index is 12.5. The summed E-state index contributed by atoms with van der Waals surface area (Å²) >= 11 is 0. The van der Waals surface area contributed by atoms with E-state index in [2.05, 4.69) is 75.1 Å². The summed E-state index contributed by atoms with van der Waals surface area (Å²) in [6.07, 6.45) is 12.8. The number of carbonyl (C=O) groups is 1. The Hall–Kier alpha value is -1.75. The number of amides is 1. The molecule has 5 saturated carbocycles. The highest BCUT2D eigenvalue weighted by Gasteiger charge is 2.75. The van der Waals surface area contributed by atoms with Gasteiger partial charge in [0, 0.05) is 30.2 Å². The molecule has 0 aliphatic heterocycles. The number of allylic oxidation sites excluding steroid dienone is 3. The fourth-order valence-corrected chi connectivity index (χ4v) is 13.7. The number of fused-ring (bicyclic) bond motifs is 7. The highest BCUT2D eigenvalue weighted by molar-refractivity contribution is 5.74. The molecule has 5 heteroatoms. The molecule has 0 aromatic carbocycles. The minimum absolute atomic E-state index is 0.0137. The molecule has 10 atom stereocenters. The van der Waals surface area contributed by atoms with Crippen molar-refractivity contribution in [3.63, 3.8) is 0 Å². The fraction of sp³-hybridized carbons (Fsp3) is 0.825. The van der Waals surface area contributed by atoms with E-state index in [9.17, 15) is 9.90 Å². The van der Waals surface area contributed by atoms with Crippen molar-refractivity contribution >= 4 is 5.91 Å². The molecule has 1 unspecified atom stereocenters. The van der Waals surface area contributed by atoms with Gasteiger partial charge in [-0.05, 0) is 122 Å². The summed E-state index contributed by atoms with van der Waals surface area (Å²) in [7, 11) is 0. The van der Waals surface area contributed by atoms with Crippen LogP contribution < -0.4 is 11.5 Å². The van der Waals surface area contributed by atoms with E-state index in [-0.39, 0.29) is 61.7 Å². The number of hydrogen-bond donors (Lipinski definition) is 3. The van der Waals surface area contributed by atoms with E-state index >= 15 is 0 Å². The lowest BCUT2D eigenvalue weighted by Gasteiger charge is -2.75. The lowest BCUT2D eigenvalue weighted by Crippen LogP contribution is -2.76. The molecule has 1 amide bonds. The summed E-state index contributed by atoms with van der Waals surface area (Å²) in [5, 5.41) is 9.82. The Bertz CT molecular complexity index is 1250. The van der Waals surface area contributed by atoms with E-state index in [0.717, 1.165) is 57.1 Å². The highest BCUT2D eigenvalue weighted by Crippen LogP contribution is 2.78. The second kappa shape index (κ2) is 10.9. The SMILES string of the molecule is C=C(O)CC(C)(C)CC(=C)O[C@H]1CC[C@]2(C)[C@H]3CCC4(N)[C@H]5[C@H](C(=C)C)CC[C@]5(CC(N)=O)CC[C@@]4(C)[C@]3(C)CC[C@H]2C1(C)C. The average molecular weight is 623 g/mol. The van der Waals surface area contributed by atoms with Crippen LogP contribution in [0.15, 0.2) is 36.8 Å². The average Bonchev–Trinajstić information content (AvgIpc) is 3.26. The largest absolute Gasteiger partial charge is 0.513 e. The number of primary amides is 1. The molecule has 0 aromatic rings. The minimum Gasteiger partial charge on any atom is -0.513 e. The lowest BCUT2D eigenvalue weighted by atomic mass is 9.30. The van der Waals surface area contributed by atoms with Gasteiger partial charge in [-0.15, -0.1) is 0 Å². The topological polar surface area (TPSA) is 98.6 Å². The van der Waals surface area contributed by atoms with Crippen molar-refractivity contribution in [2.75, 3.05) is 0 Å². The first kappa shape index (κ1) is 34.6. The smallest absolute Gasteiger partial charge is 0.217 e. The summed E-state index contributed by atoms with van der Waals surface area (Å²) in [5.74, 6) is 2.64. The van der Waals surface area contributed by atoms with Crippen LogP contribution in [-0.2, 0) is 9.53 Å². The molecule has 45 heavy (non-hydrogen) atoms. The third-order valence-corrected chi connectivity index (χ3v) is 15.6. The van der Waals surface area contributed by atoms with Crippen molar-refractivity contribution in [1.82, 2.24) is 0 Å². The molecular formula is C40H66N2O3. The van der Waals surface area contributed by atoms with Crippen molar-refractivity contribution < 1.29 is 14.6 Å². The van der Waals surface area contributed by atoms with Crippen LogP contribution in [0.5, 0.6) is 0 Å². The van der Waals surface area contributed by atoms with Crippen molar-refractivity contribution in [3.8, 4) is 0 Å². The summed E-state index contributed by atoms with van der Waals surface area (Å²) in [6.45, 7) is 31.7. The second-order valence-electron chi connectivity index (χ2n) is 19.0. The molecule has 0 spiro atoms. The normalized spacial score (nSPS) is 45.3. The third-order valence-electron chi connectivity index (χ3n) is 15.6. The standard InChI is InChI=1S/C40H66N2O3/c1-25(2)28-12-18-39(24-32(41)44)21-20-38(11)37(10)17-13-29-35(7,8)31(45-27(4)23-34(5,6)22-26(3)43)15-16-36(29,9)30(37)14-19-40(38,42)33(28)39/h28-31,33,43H,1,3-4,12-24,42H2,2,5-11H3,(H2,41,44)/t28-,29-,30+,31-,33-,36-,37+,38-,39+,40?/m0/s1. The van der Waals surface area contributed by atoms with Gasteiger partial charge in [-0.25, -0.2) is 0 Å². The molecule has 5 aliphatic carbocycles. The maximum atomic E-state index is 12.5. The van der Waals surface area contributed by atoms with Gasteiger partial charge in [0.2, 0.25) is 5.91 Å². The van der Waals surface area contributed by atoms with Crippen LogP contribution in [0, 0.1) is 56.2 Å². The minimum atomic E-state index is -0.338. The van der Waals surface area contributed by atoms with Crippen molar-refractivity contribution in [2.45, 2.75) is 151 Å². The van der Waals surface area contributed by atoms with E-state index < -0.39 is 0 Å². The number of nitrogens with two attached hydrogens (primary N) is 2. The molecule has 0 saturated heterocycles. The molecule has 0 aromatic heterocycles. The number of rotatable bonds is 9. The molecular weight excluding hydrogens is 556 g/mol. The van der Waals surface area contributed by atoms with Crippen molar-refractivity contribution in [2.24, 2.45) is 67.6 Å². The first-order chi connectivity index (χ1) is 20.6. The van der Waals surface area contributed by atoms with Gasteiger partial charge in [0.1, 0.15) is 6.10 Å². The Morgan fingerprint density at radius 2 is 1.53 bits per heavy atom. The zero-order valence-electron chi connectivity index (χ0n) is 30.1. The molecule has 0 bridgehead atoms. The maximum Gasteiger partial charge on any atom is 0.217 e. The van der Waals surface area contributed by atoms with Gasteiger partial charge in [-0.1, -0.05) is 73.8 Å². The number of aliphatic hydroxyl groups is 1. The van der Waals surface area contributed by atoms with Crippen LogP contribution >= 0.6 is 0 Å². The summed E-state index contributed by atoms with van der Waals surface area (Å²) in [5.41, 5.74) is 14.9. The van der Waals surface area contributed by atoms with Gasteiger partial charge < -0.3 is 21.3 Å². The molecule has 5 N–H and O–H groups in total. The van der Waals surface area contributed by atoms with E-state index in [4.69, 9.17) is 16.2 Å². The van der Waals surface area contributed by atoms with E-state index in [0.29, 0.717) is 37.0 Å². The quantitative estimate of drug-likeness (QED) is 0.176. The van der Waals surface area contributed by atoms with Gasteiger partial charge in [-0.3, -0.25) is 4.79 Å². The second-order valence-corrected chi connectivity index (χ2v) is 19.0. The van der Waals surface area contributed by atoms with Gasteiger partial charge in [0.15, 0.2) is 0 Å². The summed E-state index contributed by atoms with van der Waals surface area (Å²) in [6, 6.07) is 0. The van der Waals surface area contributed by atoms with Crippen LogP contribution in [0.4, 0.5) is 0 Å². The molecule has 5 fully saturated rings. The highest BCUT2D eigenvalue weighted by atomic mass is 16.5. The predicted molar refractivity (Wildman–Crippen MR) is 185 cm³/mol. The predicted octanol–water partition coefficient (Wildman–Crippen LogP) is 9.38. The van der Waals surface area contributed by atoms with Crippen LogP contribution in [0.1, 0.15) is 139 Å². The Kier molecular flexibility index (Phi) is 8.37. The molecule has 0 heterocycles. The zero-order valence-corrected chi connectivity index (χ0v) is 30.1. The number of carbonyl (C=O) groups excluding carboxylic acids is 1. The molecule has 0 radical (unpaired) electrons. The van der Waals surface area contributed by atoms with E-state index in [1.807, 2.05) is 0 Å². The number of ether oxygens (including phenoxy) is 1. The summed E-state index contributed by atoms with van der Waals surface area (Å²) in [4.78, 5) is 12.5. The molecule has 5 nitrogen and oxygen atoms in total. The Morgan fingerprint density at radius 3 is 2.13 bits per heavy atom. The van der Waals surface area contributed by atoms with Crippen LogP contribution in [0.2, 0.25) is 0 Å². The van der Waals surface area contributed by atoms with Gasteiger partial charge in [0.25, 0.3) is 0 Å². The Morgan fingerprint density at radius 1 is 0.889 bits per heavy atom. The first-order valence-electron chi connectivity index (χ1n) is 18.0. The zero-order chi connectivity index (χ0) is 33.6. The molecule has 5 rings (SSSR count). The van der Waals surface area contributed by atoms with E-state index in [1.165, 1.54) is 18.4 Å². The summed E-state index contributed by atoms with van der Waals surface area (Å²) < 4.78 is 6.75. The Labute approximate surface area is 275 Å². The fourth-order valence-electron chi connectivity index (χ4n) is 13.7. The van der Waals surface area contributed by atoms with Crippen molar-refractivity contribution in [3.05, 3.63) is 36.8 Å². The van der Waals surface area contributed by atoms with Gasteiger partial charge in [0.05, 0.1) is 11.5 Å². The number of hydrogen-bond acceptors (Lipinski definition) is 4. The van der Waals surface area contributed by atoms with Crippen molar-refractivity contribution in [1.29, 1.82) is 0 Å². The van der Waals surface area contributed by atoms with E-state index in [1.54, 1.807) is 0 Å². The molecule has 5 aliphatic rings. The van der Waals surface area contributed by atoms with Crippen LogP contribution in [0.3, 0.4) is 0 Å². The third kappa shape index (κ3) is 5.06.